The summed E-state index contributed by atoms with van der Waals surface area (Å²) >= 11 is 5.96. The molecule has 0 fully saturated rings. The SMILES string of the molecule is CC(NC1CCc2cc(F)c(Cl)cc21)c1ccc(-n2ccnn2)cc1. The lowest BCUT2D eigenvalue weighted by Gasteiger charge is -2.21. The quantitative estimate of drug-likeness (QED) is 0.753. The second kappa shape index (κ2) is 6.58. The smallest absolute Gasteiger partial charge is 0.142 e. The van der Waals surface area contributed by atoms with Gasteiger partial charge in [-0.25, -0.2) is 9.07 Å². The van der Waals surface area contributed by atoms with E-state index in [1.165, 1.54) is 5.56 Å². The van der Waals surface area contributed by atoms with Gasteiger partial charge in [-0.3, -0.25) is 0 Å². The summed E-state index contributed by atoms with van der Waals surface area (Å²) in [5.41, 5.74) is 4.32. The summed E-state index contributed by atoms with van der Waals surface area (Å²) in [4.78, 5) is 0. The van der Waals surface area contributed by atoms with Crippen LogP contribution in [-0.2, 0) is 6.42 Å². The van der Waals surface area contributed by atoms with Gasteiger partial charge in [-0.15, -0.1) is 5.10 Å². The first-order valence-electron chi connectivity index (χ1n) is 8.32. The highest BCUT2D eigenvalue weighted by Gasteiger charge is 2.25. The van der Waals surface area contributed by atoms with Crippen molar-refractivity contribution in [2.45, 2.75) is 31.8 Å². The number of benzene rings is 2. The number of rotatable bonds is 4. The van der Waals surface area contributed by atoms with Crippen molar-refractivity contribution in [3.05, 3.63) is 76.3 Å². The van der Waals surface area contributed by atoms with Crippen LogP contribution >= 0.6 is 11.6 Å². The summed E-state index contributed by atoms with van der Waals surface area (Å²) in [6.07, 6.45) is 5.30. The van der Waals surface area contributed by atoms with Gasteiger partial charge in [-0.1, -0.05) is 28.9 Å². The van der Waals surface area contributed by atoms with Gasteiger partial charge in [0.15, 0.2) is 0 Å². The molecule has 128 valence electrons. The van der Waals surface area contributed by atoms with E-state index in [9.17, 15) is 4.39 Å². The van der Waals surface area contributed by atoms with E-state index in [1.807, 2.05) is 18.3 Å². The molecule has 0 aliphatic heterocycles. The maximum Gasteiger partial charge on any atom is 0.142 e. The van der Waals surface area contributed by atoms with Crippen molar-refractivity contribution >= 4 is 11.6 Å². The molecule has 6 heteroatoms. The van der Waals surface area contributed by atoms with Crippen LogP contribution in [-0.4, -0.2) is 15.0 Å². The van der Waals surface area contributed by atoms with Crippen LogP contribution in [0.25, 0.3) is 5.69 Å². The number of nitrogens with one attached hydrogen (secondary N) is 1. The Morgan fingerprint density at radius 2 is 2.08 bits per heavy atom. The largest absolute Gasteiger partial charge is 0.303 e. The van der Waals surface area contributed by atoms with Crippen molar-refractivity contribution in [3.63, 3.8) is 0 Å². The number of fused-ring (bicyclic) bond motifs is 1. The van der Waals surface area contributed by atoms with Crippen molar-refractivity contribution in [1.82, 2.24) is 20.3 Å². The first-order valence-corrected chi connectivity index (χ1v) is 8.70. The zero-order valence-corrected chi connectivity index (χ0v) is 14.5. The molecule has 4 rings (SSSR count). The van der Waals surface area contributed by atoms with Gasteiger partial charge in [0.1, 0.15) is 5.82 Å². The molecule has 0 saturated heterocycles. The predicted octanol–water partition coefficient (Wildman–Crippen LogP) is 4.40. The van der Waals surface area contributed by atoms with E-state index >= 15 is 0 Å². The van der Waals surface area contributed by atoms with Crippen LogP contribution in [0, 0.1) is 5.82 Å². The van der Waals surface area contributed by atoms with Crippen LogP contribution in [0.3, 0.4) is 0 Å². The molecule has 0 amide bonds. The first kappa shape index (κ1) is 16.2. The highest BCUT2D eigenvalue weighted by molar-refractivity contribution is 6.30. The van der Waals surface area contributed by atoms with Crippen LogP contribution in [0.4, 0.5) is 4.39 Å². The topological polar surface area (TPSA) is 42.7 Å². The van der Waals surface area contributed by atoms with Crippen molar-refractivity contribution in [2.24, 2.45) is 0 Å². The lowest BCUT2D eigenvalue weighted by molar-refractivity contribution is 0.465. The minimum absolute atomic E-state index is 0.171. The van der Waals surface area contributed by atoms with Gasteiger partial charge >= 0.3 is 0 Å². The number of nitrogens with zero attached hydrogens (tertiary/aromatic N) is 3. The predicted molar refractivity (Wildman–Crippen MR) is 95.4 cm³/mol. The van der Waals surface area contributed by atoms with Crippen LogP contribution in [0.5, 0.6) is 0 Å². The minimum atomic E-state index is -0.335. The molecule has 3 aromatic rings. The third kappa shape index (κ3) is 3.17. The number of aromatic nitrogens is 3. The fourth-order valence-corrected chi connectivity index (χ4v) is 3.60. The molecular formula is C19H18ClFN4. The Morgan fingerprint density at radius 3 is 2.80 bits per heavy atom. The minimum Gasteiger partial charge on any atom is -0.303 e. The van der Waals surface area contributed by atoms with Gasteiger partial charge < -0.3 is 5.32 Å². The van der Waals surface area contributed by atoms with E-state index in [-0.39, 0.29) is 22.9 Å². The lowest BCUT2D eigenvalue weighted by atomic mass is 10.0. The highest BCUT2D eigenvalue weighted by atomic mass is 35.5. The van der Waals surface area contributed by atoms with Crippen LogP contribution in [0.2, 0.25) is 5.02 Å². The molecule has 25 heavy (non-hydrogen) atoms. The van der Waals surface area contributed by atoms with E-state index in [2.05, 4.69) is 34.7 Å². The summed E-state index contributed by atoms with van der Waals surface area (Å²) in [7, 11) is 0. The van der Waals surface area contributed by atoms with E-state index in [4.69, 9.17) is 11.6 Å². The molecule has 1 aliphatic rings. The van der Waals surface area contributed by atoms with Crippen LogP contribution < -0.4 is 5.32 Å². The molecule has 1 N–H and O–H groups in total. The maximum absolute atomic E-state index is 13.6. The number of aryl methyl sites for hydroxylation is 1. The third-order valence-electron chi connectivity index (χ3n) is 4.79. The highest BCUT2D eigenvalue weighted by Crippen LogP contribution is 2.36. The monoisotopic (exact) mass is 356 g/mol. The maximum atomic E-state index is 13.6. The zero-order valence-electron chi connectivity index (χ0n) is 13.8. The van der Waals surface area contributed by atoms with Crippen LogP contribution in [0.15, 0.2) is 48.8 Å². The molecule has 1 heterocycles. The normalized spacial score (nSPS) is 17.5. The van der Waals surface area contributed by atoms with Crippen molar-refractivity contribution < 1.29 is 4.39 Å². The molecular weight excluding hydrogens is 339 g/mol. The van der Waals surface area contributed by atoms with Gasteiger partial charge in [-0.2, -0.15) is 0 Å². The zero-order chi connectivity index (χ0) is 17.4. The number of hydrogen-bond acceptors (Lipinski definition) is 3. The summed E-state index contributed by atoms with van der Waals surface area (Å²) in [5, 5.41) is 11.6. The molecule has 4 nitrogen and oxygen atoms in total. The average Bonchev–Trinajstić information content (AvgIpc) is 3.27. The number of halogens is 2. The van der Waals surface area contributed by atoms with E-state index in [1.54, 1.807) is 23.0 Å². The Morgan fingerprint density at radius 1 is 1.28 bits per heavy atom. The molecule has 0 bridgehead atoms. The van der Waals surface area contributed by atoms with E-state index in [0.29, 0.717) is 0 Å². The van der Waals surface area contributed by atoms with Crippen LogP contribution in [0.1, 0.15) is 42.1 Å². The fraction of sp³-hybridized carbons (Fsp3) is 0.263. The Kier molecular flexibility index (Phi) is 4.27. The second-order valence-corrected chi connectivity index (χ2v) is 6.79. The molecule has 1 aliphatic carbocycles. The standard InChI is InChI=1S/C19H18ClFN4/c1-12(13-2-5-15(6-3-13)25-9-8-22-24-25)23-19-7-4-14-10-18(21)17(20)11-16(14)19/h2-3,5-6,8-12,19,23H,4,7H2,1H3. The second-order valence-electron chi connectivity index (χ2n) is 6.38. The van der Waals surface area contributed by atoms with Gasteiger partial charge in [0.2, 0.25) is 0 Å². The van der Waals surface area contributed by atoms with E-state index in [0.717, 1.165) is 29.7 Å². The summed E-state index contributed by atoms with van der Waals surface area (Å²) in [6, 6.07) is 11.9. The molecule has 0 radical (unpaired) electrons. The van der Waals surface area contributed by atoms with Gasteiger partial charge in [-0.05, 0) is 60.7 Å². The Labute approximate surface area is 150 Å². The Bertz CT molecular complexity index is 877. The first-order chi connectivity index (χ1) is 12.1. The third-order valence-corrected chi connectivity index (χ3v) is 5.08. The molecule has 2 aromatic carbocycles. The van der Waals surface area contributed by atoms with Gasteiger partial charge in [0.25, 0.3) is 0 Å². The van der Waals surface area contributed by atoms with Crippen molar-refractivity contribution in [3.8, 4) is 5.69 Å². The average molecular weight is 357 g/mol. The van der Waals surface area contributed by atoms with Gasteiger partial charge in [0, 0.05) is 12.1 Å². The Balaban J connectivity index is 1.50. The molecule has 1 aromatic heterocycles. The molecule has 0 saturated carbocycles. The summed E-state index contributed by atoms with van der Waals surface area (Å²) in [5.74, 6) is -0.335. The van der Waals surface area contributed by atoms with Crippen molar-refractivity contribution in [2.75, 3.05) is 0 Å². The number of hydrogen-bond donors (Lipinski definition) is 1. The molecule has 0 spiro atoms. The summed E-state index contributed by atoms with van der Waals surface area (Å²) in [6.45, 7) is 2.13. The molecule has 2 atom stereocenters. The fourth-order valence-electron chi connectivity index (χ4n) is 3.43. The Hall–Kier alpha value is -2.24. The van der Waals surface area contributed by atoms with E-state index < -0.39 is 0 Å². The molecule has 2 unspecified atom stereocenters. The van der Waals surface area contributed by atoms with Crippen molar-refractivity contribution in [1.29, 1.82) is 0 Å². The summed E-state index contributed by atoms with van der Waals surface area (Å²) < 4.78 is 15.3. The lowest BCUT2D eigenvalue weighted by Crippen LogP contribution is -2.23. The van der Waals surface area contributed by atoms with Gasteiger partial charge in [0.05, 0.1) is 23.1 Å².